The number of hydrogen-bond donors (Lipinski definition) is 0. The third-order valence-corrected chi connectivity index (χ3v) is 4.79. The molecule has 0 aliphatic carbocycles. The van der Waals surface area contributed by atoms with Gasteiger partial charge in [0, 0.05) is 6.42 Å². The first-order valence-corrected chi connectivity index (χ1v) is 8.46. The molecule has 140 valence electrons. The zero-order valence-electron chi connectivity index (χ0n) is 14.7. The molecular weight excluding hydrogens is 364 g/mol. The Kier molecular flexibility index (Phi) is 4.03. The van der Waals surface area contributed by atoms with Crippen LogP contribution in [0.5, 0.6) is 5.75 Å². The molecule has 2 heterocycles. The highest BCUT2D eigenvalue weighted by atomic mass is 16.5. The highest BCUT2D eigenvalue weighted by molar-refractivity contribution is 6.34. The van der Waals surface area contributed by atoms with Crippen LogP contribution in [0, 0.1) is 5.92 Å². The lowest BCUT2D eigenvalue weighted by molar-refractivity contribution is -0.136. The number of anilines is 1. The van der Waals surface area contributed by atoms with E-state index in [1.54, 1.807) is 24.3 Å². The quantitative estimate of drug-likeness (QED) is 0.591. The molecular formula is C20H14N2O6. The Morgan fingerprint density at radius 2 is 1.50 bits per heavy atom. The summed E-state index contributed by atoms with van der Waals surface area (Å²) in [5.41, 5.74) is 0.489. The second-order valence-corrected chi connectivity index (χ2v) is 6.35. The molecule has 5 amide bonds. The van der Waals surface area contributed by atoms with Gasteiger partial charge in [0.15, 0.2) is 0 Å². The Morgan fingerprint density at radius 1 is 0.929 bits per heavy atom. The minimum atomic E-state index is -1.42. The zero-order chi connectivity index (χ0) is 20.0. The molecule has 1 fully saturated rings. The number of carbonyl (C=O) groups is 5. The van der Waals surface area contributed by atoms with Crippen molar-refractivity contribution in [3.8, 4) is 5.75 Å². The highest BCUT2D eigenvalue weighted by Crippen LogP contribution is 2.31. The Balaban J connectivity index is 1.61. The number of imide groups is 4. The SMILES string of the molecule is COc1ccc(N2C(=O)C[C@@H](C(=O)N3C(=O)c4ccccc4C3=O)C2=O)cc1. The summed E-state index contributed by atoms with van der Waals surface area (Å²) in [4.78, 5) is 64.3. The van der Waals surface area contributed by atoms with Crippen LogP contribution in [0.1, 0.15) is 27.1 Å². The highest BCUT2D eigenvalue weighted by Gasteiger charge is 2.50. The van der Waals surface area contributed by atoms with E-state index in [-0.39, 0.29) is 16.8 Å². The number of amides is 5. The maximum atomic E-state index is 12.8. The third kappa shape index (κ3) is 2.50. The summed E-state index contributed by atoms with van der Waals surface area (Å²) in [5, 5.41) is 0. The number of methoxy groups -OCH3 is 1. The summed E-state index contributed by atoms with van der Waals surface area (Å²) in [5.74, 6) is -4.77. The van der Waals surface area contributed by atoms with Crippen molar-refractivity contribution in [1.82, 2.24) is 4.90 Å². The smallest absolute Gasteiger partial charge is 0.268 e. The fourth-order valence-electron chi connectivity index (χ4n) is 3.37. The summed E-state index contributed by atoms with van der Waals surface area (Å²) >= 11 is 0. The van der Waals surface area contributed by atoms with Crippen LogP contribution < -0.4 is 9.64 Å². The number of fused-ring (bicyclic) bond motifs is 1. The van der Waals surface area contributed by atoms with Crippen molar-refractivity contribution in [2.45, 2.75) is 6.42 Å². The van der Waals surface area contributed by atoms with Crippen LogP contribution in [0.2, 0.25) is 0 Å². The fraction of sp³-hybridized carbons (Fsp3) is 0.150. The van der Waals surface area contributed by atoms with Gasteiger partial charge in [0.2, 0.25) is 17.7 Å². The van der Waals surface area contributed by atoms with Crippen LogP contribution in [0.4, 0.5) is 5.69 Å². The van der Waals surface area contributed by atoms with Gasteiger partial charge in [-0.3, -0.25) is 24.0 Å². The number of carbonyl (C=O) groups excluding carboxylic acids is 5. The second kappa shape index (κ2) is 6.41. The van der Waals surface area contributed by atoms with Crippen LogP contribution in [-0.2, 0) is 14.4 Å². The molecule has 2 aliphatic rings. The largest absolute Gasteiger partial charge is 0.497 e. The van der Waals surface area contributed by atoms with Gasteiger partial charge >= 0.3 is 0 Å². The van der Waals surface area contributed by atoms with Gasteiger partial charge in [-0.05, 0) is 36.4 Å². The van der Waals surface area contributed by atoms with Crippen molar-refractivity contribution < 1.29 is 28.7 Å². The van der Waals surface area contributed by atoms with E-state index in [4.69, 9.17) is 4.74 Å². The number of ether oxygens (including phenoxy) is 1. The Bertz CT molecular complexity index is 1010. The molecule has 0 spiro atoms. The van der Waals surface area contributed by atoms with Gasteiger partial charge in [0.25, 0.3) is 11.8 Å². The van der Waals surface area contributed by atoms with Crippen LogP contribution in [-0.4, -0.2) is 41.5 Å². The average Bonchev–Trinajstić information content (AvgIpc) is 3.15. The molecule has 0 unspecified atom stereocenters. The van der Waals surface area contributed by atoms with Crippen molar-refractivity contribution in [3.05, 3.63) is 59.7 Å². The number of nitrogens with zero attached hydrogens (tertiary/aromatic N) is 2. The molecule has 0 bridgehead atoms. The Labute approximate surface area is 159 Å². The molecule has 0 aromatic heterocycles. The van der Waals surface area contributed by atoms with Gasteiger partial charge < -0.3 is 4.74 Å². The number of benzene rings is 2. The molecule has 0 radical (unpaired) electrons. The summed E-state index contributed by atoms with van der Waals surface area (Å²) < 4.78 is 5.04. The predicted molar refractivity (Wildman–Crippen MR) is 95.5 cm³/mol. The topological polar surface area (TPSA) is 101 Å². The third-order valence-electron chi connectivity index (χ3n) is 4.79. The first kappa shape index (κ1) is 17.6. The molecule has 2 aromatic rings. The van der Waals surface area contributed by atoms with Crippen molar-refractivity contribution in [1.29, 1.82) is 0 Å². The molecule has 8 nitrogen and oxygen atoms in total. The maximum absolute atomic E-state index is 12.8. The Hall–Kier alpha value is -3.81. The first-order valence-electron chi connectivity index (χ1n) is 8.46. The van der Waals surface area contributed by atoms with Gasteiger partial charge in [-0.25, -0.2) is 9.80 Å². The van der Waals surface area contributed by atoms with E-state index in [1.807, 2.05) is 0 Å². The van der Waals surface area contributed by atoms with E-state index in [0.29, 0.717) is 10.6 Å². The van der Waals surface area contributed by atoms with Gasteiger partial charge in [-0.1, -0.05) is 12.1 Å². The van der Waals surface area contributed by atoms with Crippen LogP contribution in [0.15, 0.2) is 48.5 Å². The lowest BCUT2D eigenvalue weighted by Gasteiger charge is -2.17. The lowest BCUT2D eigenvalue weighted by Crippen LogP contribution is -2.43. The summed E-state index contributed by atoms with van der Waals surface area (Å²) in [6.45, 7) is 0. The lowest BCUT2D eigenvalue weighted by atomic mass is 10.1. The second-order valence-electron chi connectivity index (χ2n) is 6.35. The minimum absolute atomic E-state index is 0.102. The monoisotopic (exact) mass is 378 g/mol. The average molecular weight is 378 g/mol. The van der Waals surface area contributed by atoms with Gasteiger partial charge in [0.05, 0.1) is 23.9 Å². The summed E-state index contributed by atoms with van der Waals surface area (Å²) in [6, 6.07) is 12.2. The molecule has 0 saturated carbocycles. The molecule has 2 aromatic carbocycles. The first-order chi connectivity index (χ1) is 13.4. The van der Waals surface area contributed by atoms with Crippen molar-refractivity contribution >= 4 is 35.2 Å². The minimum Gasteiger partial charge on any atom is -0.497 e. The summed E-state index contributed by atoms with van der Waals surface area (Å²) in [6.07, 6.45) is -0.406. The van der Waals surface area contributed by atoms with E-state index in [1.165, 1.54) is 31.4 Å². The summed E-state index contributed by atoms with van der Waals surface area (Å²) in [7, 11) is 1.48. The van der Waals surface area contributed by atoms with Gasteiger partial charge in [0.1, 0.15) is 11.7 Å². The molecule has 4 rings (SSSR count). The predicted octanol–water partition coefficient (Wildman–Crippen LogP) is 1.40. The maximum Gasteiger partial charge on any atom is 0.268 e. The normalized spacial score (nSPS) is 18.7. The van der Waals surface area contributed by atoms with Crippen molar-refractivity contribution in [3.63, 3.8) is 0 Å². The zero-order valence-corrected chi connectivity index (χ0v) is 14.7. The van der Waals surface area contributed by atoms with Gasteiger partial charge in [-0.2, -0.15) is 0 Å². The molecule has 1 atom stereocenters. The fourth-order valence-corrected chi connectivity index (χ4v) is 3.37. The van der Waals surface area contributed by atoms with E-state index in [0.717, 1.165) is 4.90 Å². The molecule has 1 saturated heterocycles. The van der Waals surface area contributed by atoms with E-state index < -0.39 is 41.9 Å². The number of hydrogen-bond acceptors (Lipinski definition) is 6. The van der Waals surface area contributed by atoms with Crippen LogP contribution >= 0.6 is 0 Å². The molecule has 2 aliphatic heterocycles. The van der Waals surface area contributed by atoms with Crippen molar-refractivity contribution in [2.75, 3.05) is 12.0 Å². The van der Waals surface area contributed by atoms with Crippen LogP contribution in [0.25, 0.3) is 0 Å². The molecule has 8 heteroatoms. The number of rotatable bonds is 3. The molecule has 0 N–H and O–H groups in total. The van der Waals surface area contributed by atoms with E-state index >= 15 is 0 Å². The van der Waals surface area contributed by atoms with Crippen LogP contribution in [0.3, 0.4) is 0 Å². The van der Waals surface area contributed by atoms with Crippen molar-refractivity contribution in [2.24, 2.45) is 5.92 Å². The Morgan fingerprint density at radius 3 is 2.04 bits per heavy atom. The van der Waals surface area contributed by atoms with E-state index in [9.17, 15) is 24.0 Å². The molecule has 28 heavy (non-hydrogen) atoms. The van der Waals surface area contributed by atoms with E-state index in [2.05, 4.69) is 0 Å². The standard InChI is InChI=1S/C20H14N2O6/c1-28-12-8-6-11(7-9-12)21-16(23)10-15(19(21)26)20(27)22-17(24)13-4-2-3-5-14(13)18(22)25/h2-9,15H,10H2,1H3/t15-/m1/s1. The van der Waals surface area contributed by atoms with Gasteiger partial charge in [-0.15, -0.1) is 0 Å².